The topological polar surface area (TPSA) is 99.1 Å². The summed E-state index contributed by atoms with van der Waals surface area (Å²) >= 11 is 6.45. The van der Waals surface area contributed by atoms with Gasteiger partial charge in [0.15, 0.2) is 11.6 Å². The Labute approximate surface area is 199 Å². The number of allylic oxidation sites excluding steroid dienone is 1. The lowest BCUT2D eigenvalue weighted by Crippen LogP contribution is -2.01. The van der Waals surface area contributed by atoms with Gasteiger partial charge < -0.3 is 4.42 Å². The molecule has 4 rings (SSSR count). The number of halogens is 2. The van der Waals surface area contributed by atoms with E-state index in [1.165, 1.54) is 18.2 Å². The van der Waals surface area contributed by atoms with Gasteiger partial charge in [-0.25, -0.2) is 9.38 Å². The number of aliphatic imine (C=N–C) groups is 1. The number of hydrogen-bond acceptors (Lipinski definition) is 6. The van der Waals surface area contributed by atoms with E-state index in [-0.39, 0.29) is 17.6 Å². The van der Waals surface area contributed by atoms with E-state index in [0.29, 0.717) is 39.9 Å². The van der Waals surface area contributed by atoms with Gasteiger partial charge in [-0.3, -0.25) is 9.36 Å². The van der Waals surface area contributed by atoms with Crippen LogP contribution in [0.15, 0.2) is 64.0 Å². The molecule has 0 spiro atoms. The lowest BCUT2D eigenvalue weighted by atomic mass is 10.2. The SMILES string of the molecule is C=NC(=O)/C=C(\CC)c1nnc(/C=C/c2nnc(-c3ccc(F)cc3)n2-c2ccccc2Cl)o1. The van der Waals surface area contributed by atoms with Crippen LogP contribution >= 0.6 is 11.6 Å². The smallest absolute Gasteiger partial charge is 0.269 e. The Kier molecular flexibility index (Phi) is 6.84. The normalized spacial score (nSPS) is 11.8. The van der Waals surface area contributed by atoms with E-state index in [4.69, 9.17) is 16.0 Å². The molecular weight excluding hydrogens is 459 g/mol. The number of rotatable bonds is 7. The molecule has 0 N–H and O–H groups in total. The minimum atomic E-state index is -0.492. The molecule has 2 aromatic carbocycles. The van der Waals surface area contributed by atoms with Crippen LogP contribution < -0.4 is 0 Å². The van der Waals surface area contributed by atoms with Crippen LogP contribution in [0.25, 0.3) is 34.8 Å². The van der Waals surface area contributed by atoms with Crippen molar-refractivity contribution < 1.29 is 13.6 Å². The molecule has 0 saturated heterocycles. The summed E-state index contributed by atoms with van der Waals surface area (Å²) < 4.78 is 20.9. The fraction of sp³-hybridized carbons (Fsp3) is 0.0833. The van der Waals surface area contributed by atoms with E-state index in [1.807, 2.05) is 25.1 Å². The number of amides is 1. The number of para-hydroxylation sites is 1. The van der Waals surface area contributed by atoms with Crippen LogP contribution in [-0.2, 0) is 4.79 Å². The number of carbonyl (C=O) groups excluding carboxylic acids is 1. The van der Waals surface area contributed by atoms with Crippen LogP contribution in [-0.4, -0.2) is 37.6 Å². The van der Waals surface area contributed by atoms with Crippen LogP contribution in [0, 0.1) is 5.82 Å². The standard InChI is InChI=1S/C24H18ClFN6O2/c1-3-15(14-21(33)27-2)24-31-29-22(34-24)13-12-20-28-30-23(16-8-10-17(26)11-9-16)32(20)19-7-5-4-6-18(19)25/h4-14H,2-3H2,1H3/b13-12+,15-14+. The predicted octanol–water partition coefficient (Wildman–Crippen LogP) is 5.30. The molecule has 2 aromatic heterocycles. The third-order valence-corrected chi connectivity index (χ3v) is 5.13. The average molecular weight is 477 g/mol. The van der Waals surface area contributed by atoms with Gasteiger partial charge in [0.1, 0.15) is 5.82 Å². The predicted molar refractivity (Wildman–Crippen MR) is 128 cm³/mol. The van der Waals surface area contributed by atoms with E-state index < -0.39 is 5.91 Å². The summed E-state index contributed by atoms with van der Waals surface area (Å²) in [6, 6.07) is 13.2. The number of nitrogens with zero attached hydrogens (tertiary/aromatic N) is 6. The first kappa shape index (κ1) is 22.9. The zero-order valence-electron chi connectivity index (χ0n) is 18.0. The monoisotopic (exact) mass is 476 g/mol. The van der Waals surface area contributed by atoms with Crippen molar-refractivity contribution in [1.29, 1.82) is 0 Å². The van der Waals surface area contributed by atoms with E-state index in [0.717, 1.165) is 0 Å². The van der Waals surface area contributed by atoms with Crippen molar-refractivity contribution in [1.82, 2.24) is 25.0 Å². The molecule has 0 bridgehead atoms. The molecular formula is C24H18ClFN6O2. The second-order valence-corrected chi connectivity index (χ2v) is 7.38. The van der Waals surface area contributed by atoms with Gasteiger partial charge in [0.2, 0.25) is 11.8 Å². The van der Waals surface area contributed by atoms with Gasteiger partial charge in [0.25, 0.3) is 5.91 Å². The van der Waals surface area contributed by atoms with Gasteiger partial charge >= 0.3 is 0 Å². The zero-order valence-corrected chi connectivity index (χ0v) is 18.8. The lowest BCUT2D eigenvalue weighted by Gasteiger charge is -2.10. The largest absolute Gasteiger partial charge is 0.417 e. The highest BCUT2D eigenvalue weighted by atomic mass is 35.5. The van der Waals surface area contributed by atoms with E-state index >= 15 is 0 Å². The third kappa shape index (κ3) is 4.89. The Hall–Kier alpha value is -4.24. The molecule has 8 nitrogen and oxygen atoms in total. The van der Waals surface area contributed by atoms with Gasteiger partial charge in [0, 0.05) is 23.3 Å². The van der Waals surface area contributed by atoms with Gasteiger partial charge in [-0.1, -0.05) is 30.7 Å². The molecule has 0 unspecified atom stereocenters. The van der Waals surface area contributed by atoms with Crippen LogP contribution in [0.2, 0.25) is 5.02 Å². The van der Waals surface area contributed by atoms with Crippen molar-refractivity contribution >= 4 is 42.0 Å². The molecule has 10 heteroatoms. The maximum absolute atomic E-state index is 13.4. The Morgan fingerprint density at radius 1 is 1.12 bits per heavy atom. The Morgan fingerprint density at radius 2 is 1.88 bits per heavy atom. The number of carbonyl (C=O) groups is 1. The fourth-order valence-electron chi connectivity index (χ4n) is 3.15. The summed E-state index contributed by atoms with van der Waals surface area (Å²) in [6.07, 6.45) is 5.01. The van der Waals surface area contributed by atoms with Crippen molar-refractivity contribution in [3.05, 3.63) is 83.1 Å². The molecule has 0 aliphatic heterocycles. The molecule has 0 saturated carbocycles. The summed E-state index contributed by atoms with van der Waals surface area (Å²) in [7, 11) is 0. The maximum Gasteiger partial charge on any atom is 0.269 e. The molecule has 34 heavy (non-hydrogen) atoms. The molecule has 0 radical (unpaired) electrons. The van der Waals surface area contributed by atoms with Crippen LogP contribution in [0.3, 0.4) is 0 Å². The summed E-state index contributed by atoms with van der Waals surface area (Å²) in [4.78, 5) is 14.9. The summed E-state index contributed by atoms with van der Waals surface area (Å²) in [5.41, 5.74) is 1.85. The highest BCUT2D eigenvalue weighted by Gasteiger charge is 2.17. The van der Waals surface area contributed by atoms with E-state index in [9.17, 15) is 9.18 Å². The first-order chi connectivity index (χ1) is 16.5. The van der Waals surface area contributed by atoms with E-state index in [1.54, 1.807) is 34.9 Å². The van der Waals surface area contributed by atoms with Crippen LogP contribution in [0.4, 0.5) is 4.39 Å². The molecule has 0 fully saturated rings. The first-order valence-corrected chi connectivity index (χ1v) is 10.6. The number of aromatic nitrogens is 5. The summed E-state index contributed by atoms with van der Waals surface area (Å²) in [5, 5.41) is 17.0. The van der Waals surface area contributed by atoms with Crippen molar-refractivity contribution in [3.8, 4) is 17.1 Å². The summed E-state index contributed by atoms with van der Waals surface area (Å²) in [5.74, 6) is 0.471. The molecule has 0 atom stereocenters. The number of hydrogen-bond donors (Lipinski definition) is 0. The second kappa shape index (κ2) is 10.1. The molecule has 0 aliphatic carbocycles. The second-order valence-electron chi connectivity index (χ2n) is 6.97. The van der Waals surface area contributed by atoms with Crippen molar-refractivity contribution in [3.63, 3.8) is 0 Å². The molecule has 0 aliphatic rings. The van der Waals surface area contributed by atoms with Crippen molar-refractivity contribution in [2.45, 2.75) is 13.3 Å². The Balaban J connectivity index is 1.73. The van der Waals surface area contributed by atoms with Gasteiger partial charge in [0.05, 0.1) is 10.7 Å². The van der Waals surface area contributed by atoms with E-state index in [2.05, 4.69) is 32.1 Å². The highest BCUT2D eigenvalue weighted by Crippen LogP contribution is 2.28. The minimum Gasteiger partial charge on any atom is -0.417 e. The molecule has 1 amide bonds. The average Bonchev–Trinajstić information content (AvgIpc) is 3.49. The van der Waals surface area contributed by atoms with Gasteiger partial charge in [-0.05, 0) is 55.6 Å². The molecule has 2 heterocycles. The third-order valence-electron chi connectivity index (χ3n) is 4.81. The lowest BCUT2D eigenvalue weighted by molar-refractivity contribution is -0.113. The maximum atomic E-state index is 13.4. The first-order valence-electron chi connectivity index (χ1n) is 10.2. The van der Waals surface area contributed by atoms with Crippen molar-refractivity contribution in [2.24, 2.45) is 4.99 Å². The Morgan fingerprint density at radius 3 is 2.59 bits per heavy atom. The van der Waals surface area contributed by atoms with Gasteiger partial charge in [-0.2, -0.15) is 0 Å². The quantitative estimate of drug-likeness (QED) is 0.265. The van der Waals surface area contributed by atoms with Crippen molar-refractivity contribution in [2.75, 3.05) is 0 Å². The zero-order chi connectivity index (χ0) is 24.1. The highest BCUT2D eigenvalue weighted by molar-refractivity contribution is 6.32. The fourth-order valence-corrected chi connectivity index (χ4v) is 3.37. The molecule has 4 aromatic rings. The van der Waals surface area contributed by atoms with Gasteiger partial charge in [-0.15, -0.1) is 20.4 Å². The number of benzene rings is 2. The Bertz CT molecular complexity index is 1410. The van der Waals surface area contributed by atoms with Crippen LogP contribution in [0.1, 0.15) is 31.0 Å². The minimum absolute atomic E-state index is 0.199. The summed E-state index contributed by atoms with van der Waals surface area (Å²) in [6.45, 7) is 5.06. The van der Waals surface area contributed by atoms with Crippen LogP contribution in [0.5, 0.6) is 0 Å². The molecule has 170 valence electrons.